The molecule has 2 atom stereocenters. The van der Waals surface area contributed by atoms with Gasteiger partial charge >= 0.3 is 0 Å². The summed E-state index contributed by atoms with van der Waals surface area (Å²) < 4.78 is 16.8. The van der Waals surface area contributed by atoms with E-state index in [9.17, 15) is 4.79 Å². The maximum absolute atomic E-state index is 15.4. The normalized spacial score (nSPS) is 20.5. The molecule has 1 amide bonds. The SMILES string of the molecule is CC1(C)C[C@@H](c2ncc(-c3ccc(N)nc3Cl)[nH]2)N2C(=O)C=C(c3c(-n4cnnn4)ccc(Cl)c3F)C[C@@H]21. The molecule has 1 saturated heterocycles. The van der Waals surface area contributed by atoms with Crippen LogP contribution in [-0.2, 0) is 4.79 Å². The molecular formula is C25H22Cl2FN9O. The quantitative estimate of drug-likeness (QED) is 0.352. The highest BCUT2D eigenvalue weighted by Gasteiger charge is 2.51. The molecule has 2 aliphatic rings. The number of tetrazole rings is 1. The maximum atomic E-state index is 15.4. The second-order valence-electron chi connectivity index (χ2n) is 10.1. The van der Waals surface area contributed by atoms with Gasteiger partial charge in [-0.3, -0.25) is 4.79 Å². The number of nitrogens with one attached hydrogen (secondary N) is 1. The molecule has 2 aliphatic heterocycles. The number of anilines is 1. The Morgan fingerprint density at radius 1 is 1.21 bits per heavy atom. The fraction of sp³-hybridized carbons (Fsp3) is 0.280. The Bertz CT molecular complexity index is 1600. The number of amides is 1. The zero-order valence-electron chi connectivity index (χ0n) is 20.4. The highest BCUT2D eigenvalue weighted by molar-refractivity contribution is 6.32. The van der Waals surface area contributed by atoms with Crippen LogP contribution >= 0.6 is 23.2 Å². The Labute approximate surface area is 226 Å². The molecule has 0 bridgehead atoms. The first-order chi connectivity index (χ1) is 18.1. The van der Waals surface area contributed by atoms with E-state index in [1.54, 1.807) is 24.4 Å². The number of pyridine rings is 1. The number of aromatic amines is 1. The number of carbonyl (C=O) groups excluding carboxylic acids is 1. The van der Waals surface area contributed by atoms with Gasteiger partial charge in [0.25, 0.3) is 0 Å². The number of carbonyl (C=O) groups is 1. The van der Waals surface area contributed by atoms with Crippen LogP contribution in [0.4, 0.5) is 10.2 Å². The molecule has 10 nitrogen and oxygen atoms in total. The van der Waals surface area contributed by atoms with Crippen LogP contribution in [0.5, 0.6) is 0 Å². The molecule has 13 heteroatoms. The van der Waals surface area contributed by atoms with Gasteiger partial charge in [0.15, 0.2) is 5.82 Å². The van der Waals surface area contributed by atoms with E-state index in [1.807, 2.05) is 4.90 Å². The minimum absolute atomic E-state index is 0.0462. The molecule has 38 heavy (non-hydrogen) atoms. The molecule has 0 spiro atoms. The average molecular weight is 554 g/mol. The van der Waals surface area contributed by atoms with Gasteiger partial charge < -0.3 is 15.6 Å². The summed E-state index contributed by atoms with van der Waals surface area (Å²) in [5.74, 6) is 0.0971. The Kier molecular flexibility index (Phi) is 5.73. The number of nitrogens with zero attached hydrogens (tertiary/aromatic N) is 7. The predicted molar refractivity (Wildman–Crippen MR) is 140 cm³/mol. The van der Waals surface area contributed by atoms with E-state index in [4.69, 9.17) is 28.9 Å². The lowest BCUT2D eigenvalue weighted by Gasteiger charge is -2.37. The standard InChI is InChI=1S/C25H22Cl2FN9O/c1-25(2)9-17(24-30-10-15(32-24)13-3-6-19(29)33-23(13)27)37-18(25)7-12(8-20(37)38)21-16(36-11-31-34-35-36)5-4-14(26)22(21)28/h3-6,8,10-11,17-18H,7,9H2,1-2H3,(H2,29,33)(H,30,32)/t17-,18+/m0/s1. The van der Waals surface area contributed by atoms with Gasteiger partial charge in [0, 0.05) is 23.2 Å². The first-order valence-electron chi connectivity index (χ1n) is 11.9. The van der Waals surface area contributed by atoms with Crippen LogP contribution in [0, 0.1) is 11.2 Å². The largest absolute Gasteiger partial charge is 0.384 e. The zero-order valence-corrected chi connectivity index (χ0v) is 21.9. The molecule has 0 saturated carbocycles. The van der Waals surface area contributed by atoms with E-state index in [0.717, 1.165) is 0 Å². The third-order valence-corrected chi connectivity index (χ3v) is 7.90. The van der Waals surface area contributed by atoms with Crippen molar-refractivity contribution in [3.8, 4) is 16.9 Å². The number of benzene rings is 1. The van der Waals surface area contributed by atoms with Crippen LogP contribution in [0.3, 0.4) is 0 Å². The number of rotatable bonds is 4. The van der Waals surface area contributed by atoms with Crippen molar-refractivity contribution >= 4 is 40.5 Å². The van der Waals surface area contributed by atoms with Crippen molar-refractivity contribution in [2.75, 3.05) is 5.73 Å². The number of aromatic nitrogens is 7. The number of halogens is 3. The highest BCUT2D eigenvalue weighted by Crippen LogP contribution is 2.52. The summed E-state index contributed by atoms with van der Waals surface area (Å²) in [6.45, 7) is 4.20. The average Bonchev–Trinajstić information content (AvgIpc) is 3.61. The predicted octanol–water partition coefficient (Wildman–Crippen LogP) is 4.63. The van der Waals surface area contributed by atoms with Crippen LogP contribution < -0.4 is 5.73 Å². The van der Waals surface area contributed by atoms with Crippen molar-refractivity contribution in [2.45, 2.75) is 38.8 Å². The van der Waals surface area contributed by atoms with E-state index in [0.29, 0.717) is 47.0 Å². The van der Waals surface area contributed by atoms with Crippen molar-refractivity contribution in [2.24, 2.45) is 5.41 Å². The maximum Gasteiger partial charge on any atom is 0.247 e. The summed E-state index contributed by atoms with van der Waals surface area (Å²) in [4.78, 5) is 27.5. The number of hydrogen-bond donors (Lipinski definition) is 2. The van der Waals surface area contributed by atoms with Gasteiger partial charge in [0.05, 0.1) is 28.6 Å². The topological polar surface area (TPSA) is 132 Å². The summed E-state index contributed by atoms with van der Waals surface area (Å²) in [5, 5.41) is 11.4. The number of hydrogen-bond acceptors (Lipinski definition) is 7. The summed E-state index contributed by atoms with van der Waals surface area (Å²) in [5.41, 5.74) is 7.91. The monoisotopic (exact) mass is 553 g/mol. The van der Waals surface area contributed by atoms with Gasteiger partial charge in [-0.15, -0.1) is 5.10 Å². The van der Waals surface area contributed by atoms with Gasteiger partial charge in [-0.2, -0.15) is 4.68 Å². The summed E-state index contributed by atoms with van der Waals surface area (Å²) in [6, 6.07) is 6.00. The Morgan fingerprint density at radius 2 is 2.03 bits per heavy atom. The summed E-state index contributed by atoms with van der Waals surface area (Å²) in [6.07, 6.45) is 5.59. The van der Waals surface area contributed by atoms with E-state index in [-0.39, 0.29) is 39.1 Å². The lowest BCUT2D eigenvalue weighted by molar-refractivity contribution is -0.130. The third kappa shape index (κ3) is 3.93. The molecular weight excluding hydrogens is 532 g/mol. The van der Waals surface area contributed by atoms with Gasteiger partial charge in [-0.1, -0.05) is 37.0 Å². The van der Waals surface area contributed by atoms with Gasteiger partial charge in [0.1, 0.15) is 23.1 Å². The minimum atomic E-state index is -0.621. The Hall–Kier alpha value is -3.83. The lowest BCUT2D eigenvalue weighted by atomic mass is 9.78. The van der Waals surface area contributed by atoms with Crippen LogP contribution in [0.25, 0.3) is 22.5 Å². The fourth-order valence-electron chi connectivity index (χ4n) is 5.50. The molecule has 4 aromatic rings. The first-order valence-corrected chi connectivity index (χ1v) is 12.6. The Balaban J connectivity index is 1.39. The molecule has 3 aromatic heterocycles. The van der Waals surface area contributed by atoms with E-state index < -0.39 is 5.82 Å². The van der Waals surface area contributed by atoms with Crippen molar-refractivity contribution in [1.29, 1.82) is 0 Å². The first kappa shape index (κ1) is 24.5. The second-order valence-corrected chi connectivity index (χ2v) is 10.9. The van der Waals surface area contributed by atoms with E-state index >= 15 is 4.39 Å². The Morgan fingerprint density at radius 3 is 2.76 bits per heavy atom. The van der Waals surface area contributed by atoms with Crippen molar-refractivity contribution in [3.63, 3.8) is 0 Å². The number of nitrogens with two attached hydrogens (primary N) is 1. The number of fused-ring (bicyclic) bond motifs is 1. The van der Waals surface area contributed by atoms with Crippen LogP contribution in [-0.4, -0.2) is 52.0 Å². The zero-order chi connectivity index (χ0) is 26.8. The number of imidazole rings is 1. The molecule has 0 radical (unpaired) electrons. The smallest absolute Gasteiger partial charge is 0.247 e. The highest BCUT2D eigenvalue weighted by atomic mass is 35.5. The van der Waals surface area contributed by atoms with Gasteiger partial charge in [0.2, 0.25) is 5.91 Å². The second kappa shape index (κ2) is 8.88. The van der Waals surface area contributed by atoms with Crippen molar-refractivity contribution in [1.82, 2.24) is 40.1 Å². The summed E-state index contributed by atoms with van der Waals surface area (Å²) >= 11 is 12.4. The van der Waals surface area contributed by atoms with Crippen molar-refractivity contribution < 1.29 is 9.18 Å². The van der Waals surface area contributed by atoms with Crippen LogP contribution in [0.15, 0.2) is 42.9 Å². The van der Waals surface area contributed by atoms with E-state index in [2.05, 4.69) is 44.3 Å². The lowest BCUT2D eigenvalue weighted by Crippen LogP contribution is -2.43. The summed E-state index contributed by atoms with van der Waals surface area (Å²) in [7, 11) is 0. The van der Waals surface area contributed by atoms with Gasteiger partial charge in [-0.05, 0) is 58.5 Å². The van der Waals surface area contributed by atoms with Crippen molar-refractivity contribution in [3.05, 3.63) is 70.2 Å². The molecule has 6 rings (SSSR count). The molecule has 1 fully saturated rings. The molecule has 194 valence electrons. The molecule has 5 heterocycles. The molecule has 0 aliphatic carbocycles. The molecule has 3 N–H and O–H groups in total. The molecule has 1 aromatic carbocycles. The van der Waals surface area contributed by atoms with E-state index in [1.165, 1.54) is 23.2 Å². The van der Waals surface area contributed by atoms with Gasteiger partial charge in [-0.25, -0.2) is 14.4 Å². The van der Waals surface area contributed by atoms with Crippen LogP contribution in [0.1, 0.15) is 44.1 Å². The third-order valence-electron chi connectivity index (χ3n) is 7.32. The number of H-pyrrole nitrogens is 1. The molecule has 0 unspecified atom stereocenters. The number of nitrogen functional groups attached to an aromatic ring is 1. The fourth-order valence-corrected chi connectivity index (χ4v) is 5.92. The minimum Gasteiger partial charge on any atom is -0.384 e. The van der Waals surface area contributed by atoms with Crippen LogP contribution in [0.2, 0.25) is 10.2 Å².